The van der Waals surface area contributed by atoms with Gasteiger partial charge in [0.05, 0.1) is 5.56 Å². The summed E-state index contributed by atoms with van der Waals surface area (Å²) in [6, 6.07) is 6.92. The van der Waals surface area contributed by atoms with Gasteiger partial charge in [-0.3, -0.25) is 4.79 Å². The molecule has 2 aromatic heterocycles. The van der Waals surface area contributed by atoms with Gasteiger partial charge in [0.25, 0.3) is 11.7 Å². The number of aromatic nitrogens is 4. The lowest BCUT2D eigenvalue weighted by molar-refractivity contribution is -0.137. The third kappa shape index (κ3) is 3.97. The SMILES string of the molecule is Cc1cc(C)n2nc(C(=O)NCC(C)(C)c3cccc(C(F)(F)F)c3)nc2n1. The number of rotatable bonds is 4. The van der Waals surface area contributed by atoms with Crippen LogP contribution in [0.25, 0.3) is 5.78 Å². The summed E-state index contributed by atoms with van der Waals surface area (Å²) in [4.78, 5) is 20.8. The Bertz CT molecular complexity index is 1040. The maximum absolute atomic E-state index is 13.0. The molecular formula is C19H20F3N5O. The Kier molecular flexibility index (Phi) is 4.86. The Hall–Kier alpha value is -2.97. The molecule has 0 fully saturated rings. The van der Waals surface area contributed by atoms with Crippen LogP contribution in [0.3, 0.4) is 0 Å². The van der Waals surface area contributed by atoms with E-state index in [0.717, 1.165) is 23.5 Å². The summed E-state index contributed by atoms with van der Waals surface area (Å²) in [7, 11) is 0. The summed E-state index contributed by atoms with van der Waals surface area (Å²) >= 11 is 0. The number of alkyl halides is 3. The molecule has 0 aliphatic rings. The largest absolute Gasteiger partial charge is 0.416 e. The summed E-state index contributed by atoms with van der Waals surface area (Å²) in [6.45, 7) is 7.28. The lowest BCUT2D eigenvalue weighted by Gasteiger charge is -2.26. The third-order valence-electron chi connectivity index (χ3n) is 4.48. The molecule has 3 rings (SSSR count). The van der Waals surface area contributed by atoms with E-state index in [-0.39, 0.29) is 12.4 Å². The number of nitrogens with one attached hydrogen (secondary N) is 1. The van der Waals surface area contributed by atoms with E-state index in [4.69, 9.17) is 0 Å². The smallest absolute Gasteiger partial charge is 0.348 e. The number of aryl methyl sites for hydroxylation is 2. The maximum Gasteiger partial charge on any atom is 0.416 e. The molecule has 0 bridgehead atoms. The van der Waals surface area contributed by atoms with Crippen molar-refractivity contribution in [3.05, 3.63) is 58.7 Å². The normalized spacial score (nSPS) is 12.4. The molecule has 0 radical (unpaired) electrons. The number of benzene rings is 1. The fourth-order valence-electron chi connectivity index (χ4n) is 2.86. The molecule has 0 aliphatic carbocycles. The lowest BCUT2D eigenvalue weighted by atomic mass is 9.83. The molecule has 2 heterocycles. The Morgan fingerprint density at radius 3 is 2.46 bits per heavy atom. The first kappa shape index (κ1) is 19.8. The number of nitrogens with zero attached hydrogens (tertiary/aromatic N) is 4. The second-order valence-corrected chi connectivity index (χ2v) is 7.33. The van der Waals surface area contributed by atoms with Gasteiger partial charge in [-0.05, 0) is 31.5 Å². The highest BCUT2D eigenvalue weighted by Gasteiger charge is 2.32. The van der Waals surface area contributed by atoms with Crippen molar-refractivity contribution < 1.29 is 18.0 Å². The summed E-state index contributed by atoms with van der Waals surface area (Å²) in [5, 5.41) is 6.86. The zero-order valence-corrected chi connectivity index (χ0v) is 15.9. The van der Waals surface area contributed by atoms with Gasteiger partial charge in [0.2, 0.25) is 5.82 Å². The van der Waals surface area contributed by atoms with Crippen LogP contribution in [0.2, 0.25) is 0 Å². The summed E-state index contributed by atoms with van der Waals surface area (Å²) in [6.07, 6.45) is -4.42. The minimum atomic E-state index is -4.42. The van der Waals surface area contributed by atoms with Crippen LogP contribution >= 0.6 is 0 Å². The first-order chi connectivity index (χ1) is 13.0. The van der Waals surface area contributed by atoms with Gasteiger partial charge >= 0.3 is 6.18 Å². The molecule has 1 amide bonds. The number of carbonyl (C=O) groups is 1. The molecule has 9 heteroatoms. The van der Waals surface area contributed by atoms with E-state index in [1.165, 1.54) is 10.6 Å². The first-order valence-electron chi connectivity index (χ1n) is 8.64. The van der Waals surface area contributed by atoms with Crippen LogP contribution in [0.15, 0.2) is 30.3 Å². The van der Waals surface area contributed by atoms with Crippen molar-refractivity contribution in [2.75, 3.05) is 6.54 Å². The Morgan fingerprint density at radius 1 is 1.11 bits per heavy atom. The van der Waals surface area contributed by atoms with Crippen LogP contribution in [0.1, 0.15) is 47.0 Å². The Labute approximate surface area is 159 Å². The lowest BCUT2D eigenvalue weighted by Crippen LogP contribution is -2.37. The number of hydrogen-bond acceptors (Lipinski definition) is 4. The highest BCUT2D eigenvalue weighted by molar-refractivity contribution is 5.90. The van der Waals surface area contributed by atoms with Crippen LogP contribution in [0.5, 0.6) is 0 Å². The van der Waals surface area contributed by atoms with Crippen molar-refractivity contribution in [2.45, 2.75) is 39.3 Å². The highest BCUT2D eigenvalue weighted by Crippen LogP contribution is 2.32. The molecule has 28 heavy (non-hydrogen) atoms. The number of fused-ring (bicyclic) bond motifs is 1. The van der Waals surface area contributed by atoms with Crippen molar-refractivity contribution in [1.29, 1.82) is 0 Å². The Balaban J connectivity index is 1.77. The fourth-order valence-corrected chi connectivity index (χ4v) is 2.86. The molecule has 1 N–H and O–H groups in total. The van der Waals surface area contributed by atoms with Crippen molar-refractivity contribution >= 4 is 11.7 Å². The van der Waals surface area contributed by atoms with E-state index >= 15 is 0 Å². The van der Waals surface area contributed by atoms with E-state index < -0.39 is 23.1 Å². The van der Waals surface area contributed by atoms with Crippen LogP contribution < -0.4 is 5.32 Å². The van der Waals surface area contributed by atoms with Gasteiger partial charge in [0, 0.05) is 23.3 Å². The first-order valence-corrected chi connectivity index (χ1v) is 8.64. The molecule has 0 aliphatic heterocycles. The highest BCUT2D eigenvalue weighted by atomic mass is 19.4. The average Bonchev–Trinajstić information content (AvgIpc) is 3.03. The summed E-state index contributed by atoms with van der Waals surface area (Å²) in [5.41, 5.74) is 0.580. The van der Waals surface area contributed by atoms with Gasteiger partial charge < -0.3 is 5.32 Å². The maximum atomic E-state index is 13.0. The van der Waals surface area contributed by atoms with E-state index in [0.29, 0.717) is 11.3 Å². The van der Waals surface area contributed by atoms with Gasteiger partial charge in [-0.1, -0.05) is 32.0 Å². The molecule has 0 saturated heterocycles. The quantitative estimate of drug-likeness (QED) is 0.739. The van der Waals surface area contributed by atoms with Crippen molar-refractivity contribution in [2.24, 2.45) is 0 Å². The predicted octanol–water partition coefficient (Wildman–Crippen LogP) is 3.47. The van der Waals surface area contributed by atoms with E-state index in [1.807, 2.05) is 19.9 Å². The van der Waals surface area contributed by atoms with Crippen molar-refractivity contribution in [3.8, 4) is 0 Å². The third-order valence-corrected chi connectivity index (χ3v) is 4.48. The molecular weight excluding hydrogens is 371 g/mol. The van der Waals surface area contributed by atoms with Gasteiger partial charge in [0.1, 0.15) is 0 Å². The molecule has 0 spiro atoms. The number of halogens is 3. The minimum Gasteiger partial charge on any atom is -0.348 e. The van der Waals surface area contributed by atoms with Gasteiger partial charge in [-0.25, -0.2) is 9.50 Å². The van der Waals surface area contributed by atoms with Crippen LogP contribution in [0, 0.1) is 13.8 Å². The second-order valence-electron chi connectivity index (χ2n) is 7.33. The van der Waals surface area contributed by atoms with Gasteiger partial charge in [-0.15, -0.1) is 5.10 Å². The minimum absolute atomic E-state index is 0.0407. The van der Waals surface area contributed by atoms with E-state index in [1.54, 1.807) is 19.9 Å². The van der Waals surface area contributed by atoms with Gasteiger partial charge in [-0.2, -0.15) is 18.2 Å². The monoisotopic (exact) mass is 391 g/mol. The molecule has 148 valence electrons. The average molecular weight is 391 g/mol. The molecule has 0 saturated carbocycles. The molecule has 3 aromatic rings. The van der Waals surface area contributed by atoms with Crippen LogP contribution in [0.4, 0.5) is 13.2 Å². The Morgan fingerprint density at radius 2 is 1.79 bits per heavy atom. The molecule has 0 atom stereocenters. The molecule has 0 unspecified atom stereocenters. The molecule has 1 aromatic carbocycles. The van der Waals surface area contributed by atoms with Crippen LogP contribution in [-0.4, -0.2) is 32.0 Å². The van der Waals surface area contributed by atoms with E-state index in [2.05, 4.69) is 20.4 Å². The molecule has 6 nitrogen and oxygen atoms in total. The van der Waals surface area contributed by atoms with Crippen molar-refractivity contribution in [1.82, 2.24) is 24.9 Å². The van der Waals surface area contributed by atoms with Gasteiger partial charge in [0.15, 0.2) is 0 Å². The number of carbonyl (C=O) groups excluding carboxylic acids is 1. The predicted molar refractivity (Wildman–Crippen MR) is 97.1 cm³/mol. The fraction of sp³-hybridized carbons (Fsp3) is 0.368. The number of hydrogen-bond donors (Lipinski definition) is 1. The zero-order valence-electron chi connectivity index (χ0n) is 15.9. The van der Waals surface area contributed by atoms with E-state index in [9.17, 15) is 18.0 Å². The summed E-state index contributed by atoms with van der Waals surface area (Å²) < 4.78 is 40.3. The topological polar surface area (TPSA) is 72.2 Å². The van der Waals surface area contributed by atoms with Crippen LogP contribution in [-0.2, 0) is 11.6 Å². The number of amides is 1. The second kappa shape index (κ2) is 6.88. The zero-order chi connectivity index (χ0) is 20.7. The standard InChI is InChI=1S/C19H20F3N5O/c1-11-8-12(2)27-17(24-11)25-15(26-27)16(28)23-10-18(3,4)13-6-5-7-14(9-13)19(20,21)22/h5-9H,10H2,1-4H3,(H,23,28). The van der Waals surface area contributed by atoms with Crippen molar-refractivity contribution in [3.63, 3.8) is 0 Å². The summed E-state index contributed by atoms with van der Waals surface area (Å²) in [5.74, 6) is -0.233.